The number of benzene rings is 2. The highest BCUT2D eigenvalue weighted by molar-refractivity contribution is 5.90. The van der Waals surface area contributed by atoms with Gasteiger partial charge < -0.3 is 24.1 Å². The van der Waals surface area contributed by atoms with Gasteiger partial charge in [-0.05, 0) is 61.7 Å². The van der Waals surface area contributed by atoms with Crippen molar-refractivity contribution in [1.29, 1.82) is 0 Å². The predicted molar refractivity (Wildman–Crippen MR) is 121 cm³/mol. The van der Waals surface area contributed by atoms with Crippen molar-refractivity contribution in [2.75, 3.05) is 26.4 Å². The Balaban J connectivity index is 2.12. The Morgan fingerprint density at radius 3 is 2.34 bits per heavy atom. The van der Waals surface area contributed by atoms with Crippen LogP contribution >= 0.6 is 0 Å². The fraction of sp³-hybridized carbons (Fsp3) is 0.400. The summed E-state index contributed by atoms with van der Waals surface area (Å²) in [5.41, 5.74) is 1.42. The van der Waals surface area contributed by atoms with E-state index in [1.54, 1.807) is 31.2 Å². The Bertz CT molecular complexity index is 909. The summed E-state index contributed by atoms with van der Waals surface area (Å²) in [5.74, 6) is -0.376. The molecule has 6 nitrogen and oxygen atoms in total. The Kier molecular flexibility index (Phi) is 10.4. The fourth-order valence-corrected chi connectivity index (χ4v) is 2.90. The molecule has 7 heteroatoms. The molecule has 2 aromatic carbocycles. The molecule has 0 aliphatic carbocycles. The van der Waals surface area contributed by atoms with E-state index >= 15 is 0 Å². The van der Waals surface area contributed by atoms with E-state index in [4.69, 9.17) is 18.9 Å². The zero-order valence-electron chi connectivity index (χ0n) is 18.9. The Morgan fingerprint density at radius 1 is 0.938 bits per heavy atom. The van der Waals surface area contributed by atoms with E-state index in [2.05, 4.69) is 6.92 Å². The standard InChI is InChI=1S/C25H31FO6/c1-4-7-13-31-23-16-19(17-24(25(27)28)30-6-3)9-11-22(23)32-14-12-18-8-10-21(29-5-2)20(26)15-18/h8-11,15-17H,4-7,12-14H2,1-3H3,(H,27,28). The van der Waals surface area contributed by atoms with Gasteiger partial charge in [0.05, 0.1) is 26.4 Å². The van der Waals surface area contributed by atoms with E-state index in [1.165, 1.54) is 12.1 Å². The predicted octanol–water partition coefficient (Wildman–Crippen LogP) is 5.49. The number of hydrogen-bond acceptors (Lipinski definition) is 5. The molecule has 32 heavy (non-hydrogen) atoms. The lowest BCUT2D eigenvalue weighted by Crippen LogP contribution is -2.06. The van der Waals surface area contributed by atoms with E-state index in [1.807, 2.05) is 13.0 Å². The molecule has 0 aliphatic heterocycles. The molecule has 0 radical (unpaired) electrons. The summed E-state index contributed by atoms with van der Waals surface area (Å²) in [5, 5.41) is 9.27. The monoisotopic (exact) mass is 446 g/mol. The van der Waals surface area contributed by atoms with Crippen LogP contribution in [-0.4, -0.2) is 37.5 Å². The van der Waals surface area contributed by atoms with Gasteiger partial charge in [-0.15, -0.1) is 0 Å². The summed E-state index contributed by atoms with van der Waals surface area (Å²) in [6.45, 7) is 7.10. The molecule has 1 N–H and O–H groups in total. The van der Waals surface area contributed by atoms with Gasteiger partial charge in [-0.3, -0.25) is 0 Å². The largest absolute Gasteiger partial charge is 0.491 e. The van der Waals surface area contributed by atoms with Gasteiger partial charge >= 0.3 is 5.97 Å². The highest BCUT2D eigenvalue weighted by Crippen LogP contribution is 2.30. The molecule has 0 saturated heterocycles. The molecule has 0 unspecified atom stereocenters. The first-order valence-corrected chi connectivity index (χ1v) is 10.9. The molecule has 0 spiro atoms. The minimum Gasteiger partial charge on any atom is -0.491 e. The van der Waals surface area contributed by atoms with Crippen molar-refractivity contribution < 1.29 is 33.2 Å². The van der Waals surface area contributed by atoms with Crippen LogP contribution in [0.2, 0.25) is 0 Å². The molecule has 0 heterocycles. The maximum absolute atomic E-state index is 14.0. The van der Waals surface area contributed by atoms with Crippen LogP contribution in [0.4, 0.5) is 4.39 Å². The Morgan fingerprint density at radius 2 is 1.69 bits per heavy atom. The van der Waals surface area contributed by atoms with E-state index < -0.39 is 11.8 Å². The molecular weight excluding hydrogens is 415 g/mol. The van der Waals surface area contributed by atoms with Crippen LogP contribution < -0.4 is 14.2 Å². The normalized spacial score (nSPS) is 11.2. The molecule has 0 saturated carbocycles. The van der Waals surface area contributed by atoms with E-state index in [0.29, 0.717) is 43.3 Å². The summed E-state index contributed by atoms with van der Waals surface area (Å²) in [6.07, 6.45) is 3.81. The number of carboxylic acids is 1. The van der Waals surface area contributed by atoms with Crippen LogP contribution in [-0.2, 0) is 16.0 Å². The molecule has 0 aliphatic rings. The third-order valence-corrected chi connectivity index (χ3v) is 4.48. The van der Waals surface area contributed by atoms with Crippen molar-refractivity contribution in [3.63, 3.8) is 0 Å². The second-order valence-electron chi connectivity index (χ2n) is 6.95. The quantitative estimate of drug-likeness (QED) is 0.235. The van der Waals surface area contributed by atoms with Gasteiger partial charge in [0.15, 0.2) is 23.1 Å². The Labute approximate surface area is 188 Å². The van der Waals surface area contributed by atoms with E-state index in [0.717, 1.165) is 18.4 Å². The highest BCUT2D eigenvalue weighted by atomic mass is 19.1. The minimum atomic E-state index is -1.14. The summed E-state index contributed by atoms with van der Waals surface area (Å²) in [7, 11) is 0. The fourth-order valence-electron chi connectivity index (χ4n) is 2.90. The minimum absolute atomic E-state index is 0.141. The van der Waals surface area contributed by atoms with Crippen molar-refractivity contribution in [1.82, 2.24) is 0 Å². The van der Waals surface area contributed by atoms with E-state index in [9.17, 15) is 14.3 Å². The molecule has 0 bridgehead atoms. The SMILES string of the molecule is CCCCOc1cc(C=C(OCC)C(=O)O)ccc1OCCc1ccc(OCC)c(F)c1. The van der Waals surface area contributed by atoms with Gasteiger partial charge in [0, 0.05) is 6.42 Å². The van der Waals surface area contributed by atoms with Gasteiger partial charge in [0.1, 0.15) is 0 Å². The molecule has 174 valence electrons. The second-order valence-corrected chi connectivity index (χ2v) is 6.95. The molecule has 2 aromatic rings. The third-order valence-electron chi connectivity index (χ3n) is 4.48. The summed E-state index contributed by atoms with van der Waals surface area (Å²) in [4.78, 5) is 11.3. The topological polar surface area (TPSA) is 74.2 Å². The average Bonchev–Trinajstić information content (AvgIpc) is 2.77. The number of ether oxygens (including phenoxy) is 4. The van der Waals surface area contributed by atoms with Gasteiger partial charge in [0.2, 0.25) is 5.76 Å². The number of aliphatic carboxylic acids is 1. The summed E-state index contributed by atoms with van der Waals surface area (Å²) in [6, 6.07) is 10.1. The van der Waals surface area contributed by atoms with Crippen LogP contribution in [0.25, 0.3) is 6.08 Å². The molecule has 2 rings (SSSR count). The van der Waals surface area contributed by atoms with E-state index in [-0.39, 0.29) is 18.1 Å². The van der Waals surface area contributed by atoms with Crippen molar-refractivity contribution >= 4 is 12.0 Å². The zero-order valence-corrected chi connectivity index (χ0v) is 18.9. The number of hydrogen-bond donors (Lipinski definition) is 1. The van der Waals surface area contributed by atoms with Gasteiger partial charge in [-0.1, -0.05) is 25.5 Å². The summed E-state index contributed by atoms with van der Waals surface area (Å²) >= 11 is 0. The lowest BCUT2D eigenvalue weighted by Gasteiger charge is -2.14. The maximum atomic E-state index is 14.0. The molecule has 0 aromatic heterocycles. The second kappa shape index (κ2) is 13.2. The average molecular weight is 447 g/mol. The highest BCUT2D eigenvalue weighted by Gasteiger charge is 2.12. The number of rotatable bonds is 14. The summed E-state index contributed by atoms with van der Waals surface area (Å²) < 4.78 is 36.2. The lowest BCUT2D eigenvalue weighted by molar-refractivity contribution is -0.136. The zero-order chi connectivity index (χ0) is 23.3. The Hall–Kier alpha value is -3.22. The van der Waals surface area contributed by atoms with Crippen LogP contribution in [0.3, 0.4) is 0 Å². The van der Waals surface area contributed by atoms with Crippen molar-refractivity contribution in [2.24, 2.45) is 0 Å². The first kappa shape index (κ1) is 25.0. The first-order valence-electron chi connectivity index (χ1n) is 10.9. The number of carbonyl (C=O) groups is 1. The van der Waals surface area contributed by atoms with Crippen LogP contribution in [0.1, 0.15) is 44.7 Å². The number of unbranched alkanes of at least 4 members (excludes halogenated alkanes) is 1. The van der Waals surface area contributed by atoms with Gasteiger partial charge in [-0.2, -0.15) is 0 Å². The lowest BCUT2D eigenvalue weighted by atomic mass is 10.1. The van der Waals surface area contributed by atoms with Crippen molar-refractivity contribution in [3.8, 4) is 17.2 Å². The number of carboxylic acid groups (broad SMARTS) is 1. The van der Waals surface area contributed by atoms with Gasteiger partial charge in [0.25, 0.3) is 0 Å². The number of halogens is 1. The van der Waals surface area contributed by atoms with Crippen LogP contribution in [0, 0.1) is 5.82 Å². The molecule has 0 atom stereocenters. The first-order chi connectivity index (χ1) is 15.5. The molecule has 0 fully saturated rings. The maximum Gasteiger partial charge on any atom is 0.371 e. The molecule has 0 amide bonds. The third kappa shape index (κ3) is 7.80. The van der Waals surface area contributed by atoms with Crippen LogP contribution in [0.15, 0.2) is 42.2 Å². The van der Waals surface area contributed by atoms with Crippen LogP contribution in [0.5, 0.6) is 17.2 Å². The van der Waals surface area contributed by atoms with Crippen molar-refractivity contribution in [2.45, 2.75) is 40.0 Å². The molecular formula is C25H31FO6. The van der Waals surface area contributed by atoms with Gasteiger partial charge in [-0.25, -0.2) is 9.18 Å². The smallest absolute Gasteiger partial charge is 0.371 e. The van der Waals surface area contributed by atoms with Crippen molar-refractivity contribution in [3.05, 3.63) is 59.1 Å².